The fraction of sp³-hybridized carbons (Fsp3) is 0.0333. The highest BCUT2D eigenvalue weighted by molar-refractivity contribution is 9.10. The van der Waals surface area contributed by atoms with Crippen LogP contribution >= 0.6 is 39.1 Å². The Balaban J connectivity index is 1.42. The third kappa shape index (κ3) is 5.74. The molecule has 0 aliphatic carbocycles. The standard InChI is InChI=1S/C30H20BrCl2N3O4/c1-39-25-13-11-20(32)15-22(25)30(38)40-24-12-10-19(31)14-18(24)16-34-36-29(37)28-26(17-6-3-2-4-7-17)21-8-5-9-23(33)27(21)35-28/h2-16,35H,1H3,(H,36,37). The zero-order valence-electron chi connectivity index (χ0n) is 20.9. The number of amides is 1. The zero-order chi connectivity index (χ0) is 28.2. The Morgan fingerprint density at radius 1 is 0.950 bits per heavy atom. The SMILES string of the molecule is COc1ccc(Cl)cc1C(=O)Oc1ccc(Br)cc1C=NNC(=O)c1[nH]c2c(Cl)cccc2c1-c1ccccc1. The average Bonchev–Trinajstić information content (AvgIpc) is 3.36. The van der Waals surface area contributed by atoms with Gasteiger partial charge in [-0.05, 0) is 48.0 Å². The van der Waals surface area contributed by atoms with Crippen molar-refractivity contribution in [2.45, 2.75) is 0 Å². The molecule has 1 aromatic heterocycles. The van der Waals surface area contributed by atoms with Crippen LogP contribution in [-0.4, -0.2) is 30.2 Å². The number of benzene rings is 4. The molecule has 4 aromatic carbocycles. The molecule has 200 valence electrons. The van der Waals surface area contributed by atoms with Gasteiger partial charge in [0.25, 0.3) is 5.91 Å². The number of para-hydroxylation sites is 1. The lowest BCUT2D eigenvalue weighted by atomic mass is 10.0. The molecule has 0 aliphatic rings. The van der Waals surface area contributed by atoms with Gasteiger partial charge in [0, 0.05) is 26.0 Å². The van der Waals surface area contributed by atoms with Gasteiger partial charge in [-0.2, -0.15) is 5.10 Å². The highest BCUT2D eigenvalue weighted by Gasteiger charge is 2.21. The van der Waals surface area contributed by atoms with E-state index in [4.69, 9.17) is 32.7 Å². The number of hydrogen-bond donors (Lipinski definition) is 2. The molecule has 0 unspecified atom stereocenters. The summed E-state index contributed by atoms with van der Waals surface area (Å²) in [5, 5.41) is 5.81. The summed E-state index contributed by atoms with van der Waals surface area (Å²) in [6.45, 7) is 0. The molecule has 2 N–H and O–H groups in total. The third-order valence-electron chi connectivity index (χ3n) is 6.00. The summed E-state index contributed by atoms with van der Waals surface area (Å²) in [7, 11) is 1.45. The number of fused-ring (bicyclic) bond motifs is 1. The minimum Gasteiger partial charge on any atom is -0.496 e. The summed E-state index contributed by atoms with van der Waals surface area (Å²) in [6.07, 6.45) is 1.39. The zero-order valence-corrected chi connectivity index (χ0v) is 24.0. The number of carbonyl (C=O) groups excluding carboxylic acids is 2. The predicted octanol–water partition coefficient (Wildman–Crippen LogP) is 7.90. The summed E-state index contributed by atoms with van der Waals surface area (Å²) in [4.78, 5) is 29.4. The van der Waals surface area contributed by atoms with Crippen molar-refractivity contribution in [2.24, 2.45) is 5.10 Å². The topological polar surface area (TPSA) is 92.8 Å². The van der Waals surface area contributed by atoms with Crippen LogP contribution in [0.15, 0.2) is 94.5 Å². The largest absolute Gasteiger partial charge is 0.496 e. The maximum Gasteiger partial charge on any atom is 0.347 e. The van der Waals surface area contributed by atoms with E-state index >= 15 is 0 Å². The molecule has 0 fully saturated rings. The van der Waals surface area contributed by atoms with E-state index < -0.39 is 11.9 Å². The van der Waals surface area contributed by atoms with Crippen molar-refractivity contribution in [3.8, 4) is 22.6 Å². The number of methoxy groups -OCH3 is 1. The predicted molar refractivity (Wildman–Crippen MR) is 161 cm³/mol. The van der Waals surface area contributed by atoms with Crippen LogP contribution in [0.1, 0.15) is 26.4 Å². The lowest BCUT2D eigenvalue weighted by Crippen LogP contribution is -2.19. The first-order chi connectivity index (χ1) is 19.4. The quantitative estimate of drug-likeness (QED) is 0.0822. The van der Waals surface area contributed by atoms with Crippen LogP contribution in [0.3, 0.4) is 0 Å². The van der Waals surface area contributed by atoms with Crippen LogP contribution in [0.25, 0.3) is 22.0 Å². The van der Waals surface area contributed by atoms with Gasteiger partial charge in [0.15, 0.2) is 0 Å². The van der Waals surface area contributed by atoms with Crippen molar-refractivity contribution in [1.82, 2.24) is 10.4 Å². The molecule has 5 aromatic rings. The number of aromatic amines is 1. The van der Waals surface area contributed by atoms with Gasteiger partial charge >= 0.3 is 5.97 Å². The fourth-order valence-corrected chi connectivity index (χ4v) is 4.95. The maximum atomic E-state index is 13.3. The summed E-state index contributed by atoms with van der Waals surface area (Å²) < 4.78 is 11.6. The highest BCUT2D eigenvalue weighted by Crippen LogP contribution is 2.35. The lowest BCUT2D eigenvalue weighted by Gasteiger charge is -2.11. The number of aromatic nitrogens is 1. The average molecular weight is 637 g/mol. The molecule has 7 nitrogen and oxygen atoms in total. The fourth-order valence-electron chi connectivity index (χ4n) is 4.18. The summed E-state index contributed by atoms with van der Waals surface area (Å²) in [6, 6.07) is 24.7. The summed E-state index contributed by atoms with van der Waals surface area (Å²) >= 11 is 15.9. The summed E-state index contributed by atoms with van der Waals surface area (Å²) in [5.41, 5.74) is 5.67. The first-order valence-electron chi connectivity index (χ1n) is 11.9. The monoisotopic (exact) mass is 635 g/mol. The van der Waals surface area contributed by atoms with E-state index in [1.54, 1.807) is 36.4 Å². The van der Waals surface area contributed by atoms with Gasteiger partial charge in [-0.3, -0.25) is 4.79 Å². The van der Waals surface area contributed by atoms with Crippen molar-refractivity contribution >= 4 is 68.1 Å². The number of nitrogens with one attached hydrogen (secondary N) is 2. The molecule has 0 saturated carbocycles. The number of H-pyrrole nitrogens is 1. The third-order valence-corrected chi connectivity index (χ3v) is 7.04. The number of halogens is 3. The van der Waals surface area contributed by atoms with Gasteiger partial charge in [-0.25, -0.2) is 10.2 Å². The number of rotatable bonds is 7. The molecule has 1 heterocycles. The molecule has 10 heteroatoms. The Labute approximate surface area is 247 Å². The van der Waals surface area contributed by atoms with Crippen LogP contribution in [-0.2, 0) is 0 Å². The Morgan fingerprint density at radius 3 is 2.50 bits per heavy atom. The molecule has 40 heavy (non-hydrogen) atoms. The van der Waals surface area contributed by atoms with E-state index in [1.165, 1.54) is 19.4 Å². The lowest BCUT2D eigenvalue weighted by molar-refractivity contribution is 0.0730. The number of carbonyl (C=O) groups is 2. The maximum absolute atomic E-state index is 13.3. The molecule has 0 aliphatic heterocycles. The number of nitrogens with zero attached hydrogens (tertiary/aromatic N) is 1. The van der Waals surface area contributed by atoms with Gasteiger partial charge in [0.2, 0.25) is 0 Å². The molecule has 0 atom stereocenters. The summed E-state index contributed by atoms with van der Waals surface area (Å²) in [5.74, 6) is -0.598. The molecule has 0 saturated heterocycles. The van der Waals surface area contributed by atoms with E-state index in [0.29, 0.717) is 38.1 Å². The van der Waals surface area contributed by atoms with E-state index in [9.17, 15) is 9.59 Å². The van der Waals surface area contributed by atoms with Gasteiger partial charge in [-0.15, -0.1) is 0 Å². The molecular weight excluding hydrogens is 617 g/mol. The van der Waals surface area contributed by atoms with Crippen molar-refractivity contribution in [2.75, 3.05) is 7.11 Å². The van der Waals surface area contributed by atoms with Crippen molar-refractivity contribution in [3.63, 3.8) is 0 Å². The molecule has 0 bridgehead atoms. The Bertz CT molecular complexity index is 1770. The van der Waals surface area contributed by atoms with Crippen LogP contribution in [0.5, 0.6) is 11.5 Å². The van der Waals surface area contributed by atoms with Crippen LogP contribution in [0.4, 0.5) is 0 Å². The highest BCUT2D eigenvalue weighted by atomic mass is 79.9. The van der Waals surface area contributed by atoms with Gasteiger partial charge in [0.1, 0.15) is 22.8 Å². The number of hydrogen-bond acceptors (Lipinski definition) is 5. The Hall–Kier alpha value is -4.11. The number of esters is 1. The molecular formula is C30H20BrCl2N3O4. The Morgan fingerprint density at radius 2 is 1.73 bits per heavy atom. The minimum atomic E-state index is -0.664. The first-order valence-corrected chi connectivity index (χ1v) is 13.4. The van der Waals surface area contributed by atoms with Crippen LogP contribution in [0.2, 0.25) is 10.0 Å². The van der Waals surface area contributed by atoms with E-state index in [0.717, 1.165) is 15.4 Å². The number of ether oxygens (including phenoxy) is 2. The Kier molecular flexibility index (Phi) is 8.21. The van der Waals surface area contributed by atoms with Crippen molar-refractivity contribution in [1.29, 1.82) is 0 Å². The second-order valence-corrected chi connectivity index (χ2v) is 10.3. The normalized spacial score (nSPS) is 11.1. The van der Waals surface area contributed by atoms with E-state index in [2.05, 4.69) is 31.4 Å². The second-order valence-electron chi connectivity index (χ2n) is 8.52. The second kappa shape index (κ2) is 12.0. The molecule has 0 spiro atoms. The minimum absolute atomic E-state index is 0.167. The molecule has 1 amide bonds. The van der Waals surface area contributed by atoms with Gasteiger partial charge < -0.3 is 14.5 Å². The molecule has 0 radical (unpaired) electrons. The van der Waals surface area contributed by atoms with Gasteiger partial charge in [-0.1, -0.05) is 81.6 Å². The van der Waals surface area contributed by atoms with Gasteiger partial charge in [0.05, 0.1) is 23.9 Å². The van der Waals surface area contributed by atoms with Crippen molar-refractivity contribution < 1.29 is 19.1 Å². The van der Waals surface area contributed by atoms with Crippen LogP contribution in [0, 0.1) is 0 Å². The first kappa shape index (κ1) is 27.5. The van der Waals surface area contributed by atoms with Crippen molar-refractivity contribution in [3.05, 3.63) is 116 Å². The van der Waals surface area contributed by atoms with E-state index in [1.807, 2.05) is 42.5 Å². The molecule has 5 rings (SSSR count). The van der Waals surface area contributed by atoms with Crippen LogP contribution < -0.4 is 14.9 Å². The van der Waals surface area contributed by atoms with E-state index in [-0.39, 0.29) is 11.3 Å². The number of hydrazone groups is 1. The smallest absolute Gasteiger partial charge is 0.347 e.